The van der Waals surface area contributed by atoms with Crippen molar-refractivity contribution in [1.82, 2.24) is 20.3 Å². The summed E-state index contributed by atoms with van der Waals surface area (Å²) >= 11 is 0. The highest BCUT2D eigenvalue weighted by atomic mass is 19.1. The number of halogens is 1. The average molecular weight is 513 g/mol. The van der Waals surface area contributed by atoms with E-state index in [-0.39, 0.29) is 11.8 Å². The van der Waals surface area contributed by atoms with Gasteiger partial charge in [-0.2, -0.15) is 5.26 Å². The van der Waals surface area contributed by atoms with Crippen LogP contribution in [0.5, 0.6) is 0 Å². The number of alkyl halides is 1. The number of anilines is 1. The van der Waals surface area contributed by atoms with E-state index in [9.17, 15) is 14.4 Å². The maximum atomic E-state index is 12.9. The van der Waals surface area contributed by atoms with Crippen molar-refractivity contribution in [3.05, 3.63) is 71.0 Å². The fraction of sp³-hybridized carbons (Fsp3) is 0.345. The minimum Gasteiger partial charge on any atom is -0.436 e. The molecule has 9 heteroatoms. The predicted molar refractivity (Wildman–Crippen MR) is 142 cm³/mol. The normalized spacial score (nSPS) is 14.1. The maximum absolute atomic E-state index is 12.9. The van der Waals surface area contributed by atoms with Crippen molar-refractivity contribution in [3.63, 3.8) is 0 Å². The Balaban J connectivity index is 1.19. The van der Waals surface area contributed by atoms with E-state index in [1.165, 1.54) is 0 Å². The topological polar surface area (TPSA) is 108 Å². The van der Waals surface area contributed by atoms with E-state index in [2.05, 4.69) is 45.1 Å². The molecule has 1 aliphatic rings. The van der Waals surface area contributed by atoms with E-state index in [4.69, 9.17) is 4.42 Å². The van der Waals surface area contributed by atoms with Crippen molar-refractivity contribution in [2.24, 2.45) is 5.92 Å². The molecule has 194 valence electrons. The Morgan fingerprint density at radius 1 is 1.18 bits per heavy atom. The first-order valence-corrected chi connectivity index (χ1v) is 12.8. The zero-order valence-electron chi connectivity index (χ0n) is 21.4. The zero-order valence-corrected chi connectivity index (χ0v) is 21.4. The van der Waals surface area contributed by atoms with E-state index in [1.54, 1.807) is 30.5 Å². The summed E-state index contributed by atoms with van der Waals surface area (Å²) in [6.45, 7) is 5.62. The van der Waals surface area contributed by atoms with Crippen LogP contribution in [0.15, 0.2) is 53.1 Å². The minimum atomic E-state index is -0.601. The van der Waals surface area contributed by atoms with Gasteiger partial charge in [-0.25, -0.2) is 19.3 Å². The first-order valence-electron chi connectivity index (χ1n) is 12.8. The van der Waals surface area contributed by atoms with Crippen molar-refractivity contribution in [2.75, 3.05) is 24.5 Å². The van der Waals surface area contributed by atoms with Crippen LogP contribution < -0.4 is 10.2 Å². The van der Waals surface area contributed by atoms with E-state index < -0.39 is 6.67 Å². The molecule has 0 saturated carbocycles. The number of amides is 1. The predicted octanol–water partition coefficient (Wildman–Crippen LogP) is 5.40. The van der Waals surface area contributed by atoms with E-state index in [0.29, 0.717) is 52.2 Å². The van der Waals surface area contributed by atoms with Crippen LogP contribution in [-0.4, -0.2) is 40.5 Å². The number of fused-ring (bicyclic) bond motifs is 1. The van der Waals surface area contributed by atoms with Crippen LogP contribution in [0.2, 0.25) is 0 Å². The lowest BCUT2D eigenvalue weighted by Crippen LogP contribution is -2.39. The molecule has 1 amide bonds. The first kappa shape index (κ1) is 25.3. The molecule has 0 unspecified atom stereocenters. The molecule has 0 bridgehead atoms. The molecule has 2 aromatic carbocycles. The Morgan fingerprint density at radius 3 is 2.63 bits per heavy atom. The number of nitrogens with one attached hydrogen (secondary N) is 1. The van der Waals surface area contributed by atoms with E-state index >= 15 is 0 Å². The van der Waals surface area contributed by atoms with Crippen molar-refractivity contribution in [2.45, 2.75) is 39.3 Å². The van der Waals surface area contributed by atoms with Gasteiger partial charge < -0.3 is 14.6 Å². The molecule has 8 nitrogen and oxygen atoms in total. The molecule has 0 radical (unpaired) electrons. The highest BCUT2D eigenvalue weighted by molar-refractivity contribution is 5.94. The van der Waals surface area contributed by atoms with Crippen LogP contribution in [0, 0.1) is 17.2 Å². The van der Waals surface area contributed by atoms with Gasteiger partial charge in [0.1, 0.15) is 12.2 Å². The number of hydrogen-bond acceptors (Lipinski definition) is 7. The van der Waals surface area contributed by atoms with Crippen LogP contribution in [0.1, 0.15) is 59.8 Å². The van der Waals surface area contributed by atoms with Crippen LogP contribution in [-0.2, 0) is 6.67 Å². The molecular weight excluding hydrogens is 483 g/mol. The van der Waals surface area contributed by atoms with Gasteiger partial charge in [-0.15, -0.1) is 0 Å². The van der Waals surface area contributed by atoms with Gasteiger partial charge in [-0.05, 0) is 67.1 Å². The largest absolute Gasteiger partial charge is 0.436 e. The molecule has 3 heterocycles. The lowest BCUT2D eigenvalue weighted by atomic mass is 9.97. The number of nitriles is 1. The Morgan fingerprint density at radius 2 is 1.95 bits per heavy atom. The minimum absolute atomic E-state index is 0.128. The molecule has 1 N–H and O–H groups in total. The summed E-state index contributed by atoms with van der Waals surface area (Å²) in [7, 11) is 0. The standard InChI is InChI=1S/C29H29FN6O2/c1-18(2)24-13-20(16-31)14-25-26(24)38-28(35-25)22-5-3-21(4-6-22)27(37)33-17-19-8-11-36(12-9-19)29-32-10-7-23(15-30)34-29/h3-7,10,13-14,18-19H,8-9,11-12,15,17H2,1-2H3,(H,33,37). The second kappa shape index (κ2) is 11.0. The summed E-state index contributed by atoms with van der Waals surface area (Å²) in [5, 5.41) is 12.4. The molecule has 4 aromatic rings. The van der Waals surface area contributed by atoms with Crippen LogP contribution in [0.4, 0.5) is 10.3 Å². The highest BCUT2D eigenvalue weighted by Crippen LogP contribution is 2.31. The van der Waals surface area contributed by atoms with Gasteiger partial charge in [0.25, 0.3) is 5.91 Å². The Labute approximate surface area is 220 Å². The molecule has 1 fully saturated rings. The summed E-state index contributed by atoms with van der Waals surface area (Å²) in [6.07, 6.45) is 3.38. The Kier molecular flexibility index (Phi) is 7.31. The highest BCUT2D eigenvalue weighted by Gasteiger charge is 2.22. The summed E-state index contributed by atoms with van der Waals surface area (Å²) in [5.41, 5.74) is 4.55. The number of benzene rings is 2. The van der Waals surface area contributed by atoms with Gasteiger partial charge in [-0.1, -0.05) is 13.8 Å². The van der Waals surface area contributed by atoms with Gasteiger partial charge in [-0.3, -0.25) is 4.79 Å². The summed E-state index contributed by atoms with van der Waals surface area (Å²) in [6, 6.07) is 14.5. The molecule has 0 aliphatic carbocycles. The van der Waals surface area contributed by atoms with Gasteiger partial charge in [0.2, 0.25) is 11.8 Å². The number of rotatable bonds is 7. The fourth-order valence-electron chi connectivity index (χ4n) is 4.73. The van der Waals surface area contributed by atoms with Crippen molar-refractivity contribution in [3.8, 4) is 17.5 Å². The summed E-state index contributed by atoms with van der Waals surface area (Å²) < 4.78 is 19.0. The Bertz CT molecular complexity index is 1480. The molecule has 1 aliphatic heterocycles. The van der Waals surface area contributed by atoms with E-state index in [1.807, 2.05) is 18.2 Å². The van der Waals surface area contributed by atoms with Gasteiger partial charge >= 0.3 is 0 Å². The average Bonchev–Trinajstić information content (AvgIpc) is 3.40. The molecule has 0 atom stereocenters. The van der Waals surface area contributed by atoms with Gasteiger partial charge in [0.05, 0.1) is 17.3 Å². The number of carbonyl (C=O) groups is 1. The molecule has 0 spiro atoms. The molecule has 1 saturated heterocycles. The number of nitrogens with zero attached hydrogens (tertiary/aromatic N) is 5. The number of carbonyl (C=O) groups excluding carboxylic acids is 1. The third-order valence-corrected chi connectivity index (χ3v) is 6.95. The molecular formula is C29H29FN6O2. The maximum Gasteiger partial charge on any atom is 0.251 e. The number of oxazole rings is 1. The van der Waals surface area contributed by atoms with Crippen LogP contribution in [0.3, 0.4) is 0 Å². The number of piperidine rings is 1. The second-order valence-corrected chi connectivity index (χ2v) is 9.90. The van der Waals surface area contributed by atoms with Crippen molar-refractivity contribution in [1.29, 1.82) is 5.26 Å². The molecule has 5 rings (SSSR count). The smallest absolute Gasteiger partial charge is 0.251 e. The monoisotopic (exact) mass is 512 g/mol. The van der Waals surface area contributed by atoms with Crippen LogP contribution >= 0.6 is 0 Å². The number of aromatic nitrogens is 3. The van der Waals surface area contributed by atoms with Gasteiger partial charge in [0.15, 0.2) is 5.58 Å². The van der Waals surface area contributed by atoms with Gasteiger partial charge in [0, 0.05) is 42.5 Å². The molecule has 2 aromatic heterocycles. The number of hydrogen-bond donors (Lipinski definition) is 1. The third kappa shape index (κ3) is 5.35. The van der Waals surface area contributed by atoms with Crippen molar-refractivity contribution >= 4 is 23.0 Å². The fourth-order valence-corrected chi connectivity index (χ4v) is 4.73. The molecule has 38 heavy (non-hydrogen) atoms. The first-order chi connectivity index (χ1) is 18.4. The van der Waals surface area contributed by atoms with Crippen molar-refractivity contribution < 1.29 is 13.6 Å². The van der Waals surface area contributed by atoms with Crippen LogP contribution in [0.25, 0.3) is 22.6 Å². The Hall–Kier alpha value is -4.32. The summed E-state index contributed by atoms with van der Waals surface area (Å²) in [4.78, 5) is 28.0. The lowest BCUT2D eigenvalue weighted by Gasteiger charge is -2.32. The third-order valence-electron chi connectivity index (χ3n) is 6.95. The van der Waals surface area contributed by atoms with E-state index in [0.717, 1.165) is 37.1 Å². The SMILES string of the molecule is CC(C)c1cc(C#N)cc2nc(-c3ccc(C(=O)NCC4CCN(c5nccc(CF)n5)CC4)cc3)oc12. The zero-order chi connectivity index (χ0) is 26.6. The quantitative estimate of drug-likeness (QED) is 0.353. The summed E-state index contributed by atoms with van der Waals surface area (Å²) in [5.74, 6) is 1.43. The second-order valence-electron chi connectivity index (χ2n) is 9.90. The lowest BCUT2D eigenvalue weighted by molar-refractivity contribution is 0.0945.